The average Bonchev–Trinajstić information content (AvgIpc) is 3.21. The highest BCUT2D eigenvalue weighted by Crippen LogP contribution is 2.19. The van der Waals surface area contributed by atoms with Gasteiger partial charge in [-0.25, -0.2) is 0 Å². The number of carbonyl (C=O) groups is 1. The molecule has 3 heterocycles. The van der Waals surface area contributed by atoms with E-state index in [4.69, 9.17) is 0 Å². The summed E-state index contributed by atoms with van der Waals surface area (Å²) in [6.07, 6.45) is 1.10. The van der Waals surface area contributed by atoms with Gasteiger partial charge in [0.1, 0.15) is 0 Å². The summed E-state index contributed by atoms with van der Waals surface area (Å²) < 4.78 is 0. The Morgan fingerprint density at radius 3 is 2.41 bits per heavy atom. The molecule has 1 unspecified atom stereocenters. The Bertz CT molecular complexity index is 620. The van der Waals surface area contributed by atoms with Crippen molar-refractivity contribution in [2.75, 3.05) is 72.5 Å². The van der Waals surface area contributed by atoms with E-state index in [0.717, 1.165) is 84.0 Å². The maximum absolute atomic E-state index is 12.9. The minimum atomic E-state index is 0.193. The van der Waals surface area contributed by atoms with Gasteiger partial charge in [-0.05, 0) is 31.2 Å². The largest absolute Gasteiger partial charge is 0.337 e. The molecule has 1 amide bonds. The molecular weight excluding hydrogens is 338 g/mol. The van der Waals surface area contributed by atoms with Crippen LogP contribution in [-0.4, -0.2) is 104 Å². The van der Waals surface area contributed by atoms with Crippen molar-refractivity contribution in [3.05, 3.63) is 35.4 Å². The molecule has 3 saturated heterocycles. The van der Waals surface area contributed by atoms with Crippen LogP contribution in [0.3, 0.4) is 0 Å². The predicted molar refractivity (Wildman–Crippen MR) is 108 cm³/mol. The number of benzene rings is 1. The van der Waals surface area contributed by atoms with Gasteiger partial charge in [-0.15, -0.1) is 0 Å². The van der Waals surface area contributed by atoms with Crippen molar-refractivity contribution < 1.29 is 4.79 Å². The minimum Gasteiger partial charge on any atom is -0.337 e. The van der Waals surface area contributed by atoms with Gasteiger partial charge >= 0.3 is 0 Å². The number of amides is 1. The fourth-order valence-electron chi connectivity index (χ4n) is 4.47. The first kappa shape index (κ1) is 18.9. The van der Waals surface area contributed by atoms with Gasteiger partial charge in [0.2, 0.25) is 0 Å². The number of nitrogens with one attached hydrogen (secondary N) is 1. The van der Waals surface area contributed by atoms with Crippen LogP contribution in [0.4, 0.5) is 0 Å². The molecule has 27 heavy (non-hydrogen) atoms. The number of hydrogen-bond donors (Lipinski definition) is 1. The van der Waals surface area contributed by atoms with Crippen LogP contribution in [0, 0.1) is 0 Å². The molecule has 0 bridgehead atoms. The van der Waals surface area contributed by atoms with Gasteiger partial charge in [0.05, 0.1) is 0 Å². The van der Waals surface area contributed by atoms with Crippen LogP contribution < -0.4 is 5.32 Å². The van der Waals surface area contributed by atoms with Gasteiger partial charge in [-0.3, -0.25) is 14.6 Å². The molecule has 1 atom stereocenters. The van der Waals surface area contributed by atoms with Crippen LogP contribution in [0.1, 0.15) is 22.3 Å². The Morgan fingerprint density at radius 1 is 1.00 bits per heavy atom. The van der Waals surface area contributed by atoms with E-state index in [9.17, 15) is 4.79 Å². The first-order valence-electron chi connectivity index (χ1n) is 10.4. The maximum atomic E-state index is 12.9. The number of rotatable bonds is 4. The van der Waals surface area contributed by atoms with E-state index >= 15 is 0 Å². The van der Waals surface area contributed by atoms with Crippen molar-refractivity contribution in [1.82, 2.24) is 24.9 Å². The van der Waals surface area contributed by atoms with Crippen LogP contribution >= 0.6 is 0 Å². The normalized spacial score (nSPS) is 25.8. The molecule has 1 aromatic rings. The zero-order chi connectivity index (χ0) is 18.6. The highest BCUT2D eigenvalue weighted by Gasteiger charge is 2.31. The summed E-state index contributed by atoms with van der Waals surface area (Å²) in [7, 11) is 2.18. The zero-order valence-electron chi connectivity index (χ0n) is 16.6. The lowest BCUT2D eigenvalue weighted by Crippen LogP contribution is -2.49. The average molecular weight is 372 g/mol. The van der Waals surface area contributed by atoms with E-state index in [-0.39, 0.29) is 5.91 Å². The van der Waals surface area contributed by atoms with Gasteiger partial charge in [0, 0.05) is 83.6 Å². The molecule has 0 aliphatic carbocycles. The quantitative estimate of drug-likeness (QED) is 0.838. The molecule has 1 aromatic carbocycles. The second-order valence-corrected chi connectivity index (χ2v) is 8.26. The van der Waals surface area contributed by atoms with Crippen LogP contribution in [-0.2, 0) is 6.54 Å². The molecule has 0 spiro atoms. The lowest BCUT2D eigenvalue weighted by atomic mass is 10.1. The molecule has 0 saturated carbocycles. The summed E-state index contributed by atoms with van der Waals surface area (Å²) in [6.45, 7) is 11.6. The van der Waals surface area contributed by atoms with Crippen molar-refractivity contribution in [1.29, 1.82) is 0 Å². The van der Waals surface area contributed by atoms with Gasteiger partial charge < -0.3 is 15.1 Å². The topological polar surface area (TPSA) is 42.1 Å². The minimum absolute atomic E-state index is 0.193. The zero-order valence-corrected chi connectivity index (χ0v) is 16.6. The molecule has 3 aliphatic rings. The Labute approximate surface area is 163 Å². The van der Waals surface area contributed by atoms with Crippen LogP contribution in [0.5, 0.6) is 0 Å². The third-order valence-electron chi connectivity index (χ3n) is 6.32. The van der Waals surface area contributed by atoms with E-state index in [1.165, 1.54) is 5.56 Å². The summed E-state index contributed by atoms with van der Waals surface area (Å²) in [5.41, 5.74) is 2.13. The fourth-order valence-corrected chi connectivity index (χ4v) is 4.47. The second-order valence-electron chi connectivity index (χ2n) is 8.26. The van der Waals surface area contributed by atoms with Gasteiger partial charge in [0.15, 0.2) is 0 Å². The summed E-state index contributed by atoms with van der Waals surface area (Å²) >= 11 is 0. The molecule has 3 aliphatic heterocycles. The lowest BCUT2D eigenvalue weighted by molar-refractivity contribution is 0.0773. The van der Waals surface area contributed by atoms with Crippen molar-refractivity contribution in [3.8, 4) is 0 Å². The van der Waals surface area contributed by atoms with E-state index in [2.05, 4.69) is 39.2 Å². The number of carbonyl (C=O) groups excluding carboxylic acids is 1. The van der Waals surface area contributed by atoms with Crippen molar-refractivity contribution in [2.24, 2.45) is 0 Å². The first-order valence-corrected chi connectivity index (χ1v) is 10.4. The molecule has 1 N–H and O–H groups in total. The smallest absolute Gasteiger partial charge is 0.253 e. The van der Waals surface area contributed by atoms with Gasteiger partial charge in [0.25, 0.3) is 5.91 Å². The monoisotopic (exact) mass is 371 g/mol. The van der Waals surface area contributed by atoms with Gasteiger partial charge in [-0.1, -0.05) is 12.1 Å². The summed E-state index contributed by atoms with van der Waals surface area (Å²) in [4.78, 5) is 22.4. The number of hydrogen-bond acceptors (Lipinski definition) is 5. The fraction of sp³-hybridized carbons (Fsp3) is 0.667. The molecule has 3 fully saturated rings. The summed E-state index contributed by atoms with van der Waals surface area (Å²) in [6, 6.07) is 8.84. The number of piperazine rings is 2. The lowest BCUT2D eigenvalue weighted by Gasteiger charge is -2.32. The molecular formula is C21H33N5O. The molecule has 0 aromatic heterocycles. The SMILES string of the molecule is CN1CCN(Cc2ccc(C(=O)N3CCC(N4CCNCC4)C3)cc2)CC1. The standard InChI is InChI=1S/C21H33N5O/c1-23-12-14-24(15-13-23)16-18-2-4-19(5-3-18)21(27)26-9-6-20(17-26)25-10-7-22-8-11-25/h2-5,20,22H,6-17H2,1H3. The third kappa shape index (κ3) is 4.69. The Morgan fingerprint density at radius 2 is 1.70 bits per heavy atom. The highest BCUT2D eigenvalue weighted by molar-refractivity contribution is 5.94. The third-order valence-corrected chi connectivity index (χ3v) is 6.32. The van der Waals surface area contributed by atoms with Gasteiger partial charge in [-0.2, -0.15) is 0 Å². The Kier molecular flexibility index (Phi) is 6.08. The molecule has 6 nitrogen and oxygen atoms in total. The van der Waals surface area contributed by atoms with E-state index < -0.39 is 0 Å². The maximum Gasteiger partial charge on any atom is 0.253 e. The summed E-state index contributed by atoms with van der Waals surface area (Å²) in [5, 5.41) is 3.41. The van der Waals surface area contributed by atoms with E-state index in [1.807, 2.05) is 17.0 Å². The Balaban J connectivity index is 1.30. The first-order chi connectivity index (χ1) is 13.2. The highest BCUT2D eigenvalue weighted by atomic mass is 16.2. The van der Waals surface area contributed by atoms with E-state index in [1.54, 1.807) is 0 Å². The van der Waals surface area contributed by atoms with E-state index in [0.29, 0.717) is 6.04 Å². The van der Waals surface area contributed by atoms with Crippen molar-refractivity contribution in [2.45, 2.75) is 19.0 Å². The second kappa shape index (κ2) is 8.69. The number of likely N-dealkylation sites (tertiary alicyclic amines) is 1. The molecule has 0 radical (unpaired) electrons. The van der Waals surface area contributed by atoms with Crippen LogP contribution in [0.25, 0.3) is 0 Å². The molecule has 4 rings (SSSR count). The van der Waals surface area contributed by atoms with Crippen LogP contribution in [0.2, 0.25) is 0 Å². The molecule has 6 heteroatoms. The predicted octanol–water partition coefficient (Wildman–Crippen LogP) is 0.554. The summed E-state index contributed by atoms with van der Waals surface area (Å²) in [5.74, 6) is 0.193. The van der Waals surface area contributed by atoms with Crippen molar-refractivity contribution >= 4 is 5.91 Å². The van der Waals surface area contributed by atoms with Crippen LogP contribution in [0.15, 0.2) is 24.3 Å². The van der Waals surface area contributed by atoms with Crippen molar-refractivity contribution in [3.63, 3.8) is 0 Å². The Hall–Kier alpha value is -1.47. The molecule has 148 valence electrons. The number of nitrogens with zero attached hydrogens (tertiary/aromatic N) is 4. The number of likely N-dealkylation sites (N-methyl/N-ethyl adjacent to an activating group) is 1.